The first-order chi connectivity index (χ1) is 8.52. The second-order valence-electron chi connectivity index (χ2n) is 3.46. The number of aromatic nitrogens is 4. The Morgan fingerprint density at radius 3 is 3.00 bits per heavy atom. The van der Waals surface area contributed by atoms with Crippen LogP contribution in [0.15, 0.2) is 6.20 Å². The number of anilines is 1. The van der Waals surface area contributed by atoms with Crippen molar-refractivity contribution in [3.63, 3.8) is 0 Å². The van der Waals surface area contributed by atoms with Crippen LogP contribution in [-0.2, 0) is 4.74 Å². The summed E-state index contributed by atoms with van der Waals surface area (Å²) in [6, 6.07) is 0. The molecule has 96 valence electrons. The van der Waals surface area contributed by atoms with E-state index in [0.717, 1.165) is 0 Å². The van der Waals surface area contributed by atoms with Crippen LogP contribution in [0.1, 0.15) is 18.7 Å². The molecule has 0 radical (unpaired) electrons. The van der Waals surface area contributed by atoms with Gasteiger partial charge in [-0.3, -0.25) is 5.32 Å². The van der Waals surface area contributed by atoms with Gasteiger partial charge in [-0.25, -0.2) is 9.78 Å². The highest BCUT2D eigenvalue weighted by molar-refractivity contribution is 6.28. The lowest BCUT2D eigenvalue weighted by Gasteiger charge is -2.15. The fourth-order valence-corrected chi connectivity index (χ4v) is 1.69. The van der Waals surface area contributed by atoms with E-state index in [4.69, 9.17) is 21.4 Å². The summed E-state index contributed by atoms with van der Waals surface area (Å²) in [5.41, 5.74) is 0.746. The molecule has 8 nitrogen and oxygen atoms in total. The maximum absolute atomic E-state index is 10.7. The third-order valence-corrected chi connectivity index (χ3v) is 2.52. The molecule has 0 bridgehead atoms. The van der Waals surface area contributed by atoms with Crippen LogP contribution in [0.4, 0.5) is 10.5 Å². The number of methoxy groups -OCH3 is 1. The first-order valence-corrected chi connectivity index (χ1v) is 5.34. The molecule has 0 aromatic carbocycles. The molecule has 2 rings (SSSR count). The molecule has 0 fully saturated rings. The topological polar surface area (TPSA) is 102 Å². The van der Waals surface area contributed by atoms with Gasteiger partial charge in [-0.1, -0.05) is 0 Å². The SMILES string of the molecule is CO[C@@H](C)c1c(NC(=O)O)cnc2nc(Cl)nn12. The maximum Gasteiger partial charge on any atom is 0.409 e. The van der Waals surface area contributed by atoms with Gasteiger partial charge in [0.1, 0.15) is 0 Å². The molecule has 2 aromatic heterocycles. The van der Waals surface area contributed by atoms with E-state index in [-0.39, 0.29) is 16.7 Å². The molecule has 2 heterocycles. The lowest BCUT2D eigenvalue weighted by molar-refractivity contribution is 0.114. The second kappa shape index (κ2) is 4.75. The standard InChI is InChI=1S/C9H10ClN5O3/c1-4(18-2)6-5(12-9(16)17)3-11-8-13-7(10)14-15(6)8/h3-4,12H,1-2H3,(H,16,17)/t4-/m0/s1. The van der Waals surface area contributed by atoms with Crippen LogP contribution >= 0.6 is 11.6 Å². The predicted octanol–water partition coefficient (Wildman–Crippen LogP) is 1.57. The van der Waals surface area contributed by atoms with Gasteiger partial charge < -0.3 is 9.84 Å². The average Bonchev–Trinajstić information content (AvgIpc) is 2.67. The Morgan fingerprint density at radius 1 is 1.67 bits per heavy atom. The number of nitrogens with one attached hydrogen (secondary N) is 1. The van der Waals surface area contributed by atoms with E-state index in [9.17, 15) is 4.79 Å². The van der Waals surface area contributed by atoms with Gasteiger partial charge in [0.15, 0.2) is 0 Å². The smallest absolute Gasteiger partial charge is 0.409 e. The Kier molecular flexibility index (Phi) is 3.30. The Bertz CT molecular complexity index is 599. The van der Waals surface area contributed by atoms with Gasteiger partial charge in [0.05, 0.1) is 23.7 Å². The molecule has 0 unspecified atom stereocenters. The third kappa shape index (κ3) is 2.20. The highest BCUT2D eigenvalue weighted by Gasteiger charge is 2.19. The minimum Gasteiger partial charge on any atom is -0.465 e. The van der Waals surface area contributed by atoms with Crippen molar-refractivity contribution in [3.8, 4) is 0 Å². The number of hydrogen-bond donors (Lipinski definition) is 2. The van der Waals surface area contributed by atoms with Crippen LogP contribution in [0.5, 0.6) is 0 Å². The lowest BCUT2D eigenvalue weighted by Crippen LogP contribution is -2.15. The first kappa shape index (κ1) is 12.5. The van der Waals surface area contributed by atoms with Gasteiger partial charge in [0.2, 0.25) is 5.28 Å². The molecule has 2 aromatic rings. The summed E-state index contributed by atoms with van der Waals surface area (Å²) in [6.45, 7) is 1.75. The zero-order valence-corrected chi connectivity index (χ0v) is 10.3. The summed E-state index contributed by atoms with van der Waals surface area (Å²) in [5.74, 6) is 0.273. The van der Waals surface area contributed by atoms with Gasteiger partial charge in [0.25, 0.3) is 5.78 Å². The number of amides is 1. The van der Waals surface area contributed by atoms with E-state index in [2.05, 4.69) is 20.4 Å². The largest absolute Gasteiger partial charge is 0.465 e. The van der Waals surface area contributed by atoms with E-state index in [0.29, 0.717) is 5.69 Å². The number of carbonyl (C=O) groups is 1. The Balaban J connectivity index is 2.65. The molecular weight excluding hydrogens is 262 g/mol. The van der Waals surface area contributed by atoms with E-state index in [1.807, 2.05) is 0 Å². The summed E-state index contributed by atoms with van der Waals surface area (Å²) in [5, 5.41) is 15.0. The molecule has 1 amide bonds. The van der Waals surface area contributed by atoms with Crippen molar-refractivity contribution in [1.82, 2.24) is 19.6 Å². The van der Waals surface area contributed by atoms with Crippen molar-refractivity contribution >= 4 is 29.2 Å². The van der Waals surface area contributed by atoms with Crippen molar-refractivity contribution in [2.24, 2.45) is 0 Å². The normalized spacial score (nSPS) is 12.6. The maximum atomic E-state index is 10.7. The van der Waals surface area contributed by atoms with Gasteiger partial charge in [-0.05, 0) is 18.5 Å². The zero-order chi connectivity index (χ0) is 13.3. The molecule has 2 N–H and O–H groups in total. The number of carboxylic acid groups (broad SMARTS) is 1. The summed E-state index contributed by atoms with van der Waals surface area (Å²) in [7, 11) is 1.50. The molecular formula is C9H10ClN5O3. The fourth-order valence-electron chi connectivity index (χ4n) is 1.54. The molecule has 0 saturated heterocycles. The van der Waals surface area contributed by atoms with Crippen molar-refractivity contribution in [3.05, 3.63) is 17.2 Å². The predicted molar refractivity (Wildman–Crippen MR) is 62.9 cm³/mol. The molecule has 1 atom stereocenters. The summed E-state index contributed by atoms with van der Waals surface area (Å²) >= 11 is 5.70. The third-order valence-electron chi connectivity index (χ3n) is 2.36. The van der Waals surface area contributed by atoms with E-state index in [1.165, 1.54) is 17.8 Å². The highest BCUT2D eigenvalue weighted by Crippen LogP contribution is 2.25. The van der Waals surface area contributed by atoms with Crippen LogP contribution in [0, 0.1) is 0 Å². The number of hydrogen-bond acceptors (Lipinski definition) is 5. The molecule has 18 heavy (non-hydrogen) atoms. The summed E-state index contributed by atoms with van der Waals surface area (Å²) in [4.78, 5) is 18.6. The number of fused-ring (bicyclic) bond motifs is 1. The molecule has 0 saturated carbocycles. The number of rotatable bonds is 3. The Morgan fingerprint density at radius 2 is 2.39 bits per heavy atom. The van der Waals surface area contributed by atoms with Gasteiger partial charge in [-0.2, -0.15) is 9.50 Å². The monoisotopic (exact) mass is 271 g/mol. The lowest BCUT2D eigenvalue weighted by atomic mass is 10.2. The quantitative estimate of drug-likeness (QED) is 0.879. The van der Waals surface area contributed by atoms with Gasteiger partial charge in [-0.15, -0.1) is 5.10 Å². The molecule has 0 aliphatic carbocycles. The molecule has 0 aliphatic rings. The molecule has 9 heteroatoms. The van der Waals surface area contributed by atoms with Crippen molar-refractivity contribution in [1.29, 1.82) is 0 Å². The van der Waals surface area contributed by atoms with Crippen LogP contribution in [0.2, 0.25) is 5.28 Å². The van der Waals surface area contributed by atoms with Crippen molar-refractivity contribution < 1.29 is 14.6 Å². The minimum atomic E-state index is -1.20. The van der Waals surface area contributed by atoms with Crippen LogP contribution in [0.3, 0.4) is 0 Å². The molecule has 0 aliphatic heterocycles. The van der Waals surface area contributed by atoms with Crippen LogP contribution in [-0.4, -0.2) is 37.9 Å². The minimum absolute atomic E-state index is 0.0273. The second-order valence-corrected chi connectivity index (χ2v) is 3.80. The average molecular weight is 272 g/mol. The fraction of sp³-hybridized carbons (Fsp3) is 0.333. The first-order valence-electron chi connectivity index (χ1n) is 4.97. The van der Waals surface area contributed by atoms with Crippen molar-refractivity contribution in [2.45, 2.75) is 13.0 Å². The van der Waals surface area contributed by atoms with E-state index >= 15 is 0 Å². The zero-order valence-electron chi connectivity index (χ0n) is 9.59. The van der Waals surface area contributed by atoms with E-state index < -0.39 is 12.2 Å². The number of halogens is 1. The summed E-state index contributed by atoms with van der Waals surface area (Å²) in [6.07, 6.45) is -0.263. The van der Waals surface area contributed by atoms with E-state index in [1.54, 1.807) is 6.92 Å². The van der Waals surface area contributed by atoms with Gasteiger partial charge in [0, 0.05) is 7.11 Å². The van der Waals surface area contributed by atoms with Crippen LogP contribution in [0.25, 0.3) is 5.78 Å². The Labute approximate surface area is 107 Å². The Hall–Kier alpha value is -1.93. The number of ether oxygens (including phenoxy) is 1. The van der Waals surface area contributed by atoms with Gasteiger partial charge >= 0.3 is 6.09 Å². The van der Waals surface area contributed by atoms with Crippen LogP contribution < -0.4 is 5.32 Å². The summed E-state index contributed by atoms with van der Waals surface area (Å²) < 4.78 is 6.53. The molecule has 0 spiro atoms. The number of nitrogens with zero attached hydrogens (tertiary/aromatic N) is 4. The van der Waals surface area contributed by atoms with Crippen molar-refractivity contribution in [2.75, 3.05) is 12.4 Å². The highest BCUT2D eigenvalue weighted by atomic mass is 35.5.